The average Bonchev–Trinajstić information content (AvgIpc) is 2.32. The van der Waals surface area contributed by atoms with Gasteiger partial charge in [0, 0.05) is 19.8 Å². The molecule has 0 amide bonds. The Hall–Kier alpha value is -1.29. The molecule has 2 rings (SSSR count). The van der Waals surface area contributed by atoms with Crippen LogP contribution in [0.3, 0.4) is 0 Å². The Balaban J connectivity index is 2.57. The van der Waals surface area contributed by atoms with E-state index in [1.54, 1.807) is 0 Å². The molecular formula is C9H14N4. The van der Waals surface area contributed by atoms with Gasteiger partial charge in [0.25, 0.3) is 0 Å². The van der Waals surface area contributed by atoms with Gasteiger partial charge in [-0.15, -0.1) is 5.12 Å². The Morgan fingerprint density at radius 2 is 2.00 bits per heavy atom. The smallest absolute Gasteiger partial charge is 0.169 e. The molecule has 1 aliphatic heterocycles. The van der Waals surface area contributed by atoms with Crippen molar-refractivity contribution in [3.63, 3.8) is 0 Å². The normalized spacial score (nSPS) is 15.8. The first-order chi connectivity index (χ1) is 6.09. The summed E-state index contributed by atoms with van der Waals surface area (Å²) in [4.78, 5) is 4.47. The monoisotopic (exact) mass is 178 g/mol. The first-order valence-corrected chi connectivity index (χ1v) is 4.32. The molecule has 0 atom stereocenters. The lowest BCUT2D eigenvalue weighted by atomic mass is 10.2. The van der Waals surface area contributed by atoms with Gasteiger partial charge >= 0.3 is 0 Å². The van der Waals surface area contributed by atoms with Crippen molar-refractivity contribution in [2.24, 2.45) is 0 Å². The number of nitrogens with zero attached hydrogens (tertiary/aromatic N) is 3. The summed E-state index contributed by atoms with van der Waals surface area (Å²) in [6.07, 6.45) is 0. The molecule has 0 aromatic carbocycles. The molecule has 1 aromatic rings. The zero-order chi connectivity index (χ0) is 9.59. The Kier molecular flexibility index (Phi) is 1.66. The van der Waals surface area contributed by atoms with E-state index in [-0.39, 0.29) is 0 Å². The second-order valence-electron chi connectivity index (χ2n) is 3.44. The maximum Gasteiger partial charge on any atom is 0.169 e. The summed E-state index contributed by atoms with van der Waals surface area (Å²) in [7, 11) is 3.96. The molecule has 70 valence electrons. The van der Waals surface area contributed by atoms with Gasteiger partial charge in [0.2, 0.25) is 0 Å². The fraction of sp³-hybridized carbons (Fsp3) is 0.444. The van der Waals surface area contributed by atoms with Crippen molar-refractivity contribution >= 4 is 11.5 Å². The summed E-state index contributed by atoms with van der Waals surface area (Å²) < 4.78 is 0. The SMILES string of the molecule is Cc1cc(C)c2c(n1)N(C)N(C)N2. The van der Waals surface area contributed by atoms with E-state index < -0.39 is 0 Å². The quantitative estimate of drug-likeness (QED) is 0.649. The van der Waals surface area contributed by atoms with Gasteiger partial charge in [0.15, 0.2) is 5.82 Å². The number of hydrazine groups is 2. The third kappa shape index (κ3) is 1.14. The molecule has 0 spiro atoms. The lowest BCUT2D eigenvalue weighted by molar-refractivity contribution is 0.410. The lowest BCUT2D eigenvalue weighted by Gasteiger charge is -2.19. The van der Waals surface area contributed by atoms with Gasteiger partial charge in [-0.25, -0.2) is 4.98 Å². The summed E-state index contributed by atoms with van der Waals surface area (Å²) in [5.41, 5.74) is 6.64. The maximum absolute atomic E-state index is 4.47. The Bertz CT molecular complexity index is 348. The van der Waals surface area contributed by atoms with Gasteiger partial charge in [-0.1, -0.05) is 0 Å². The van der Waals surface area contributed by atoms with E-state index in [4.69, 9.17) is 0 Å². The van der Waals surface area contributed by atoms with E-state index in [2.05, 4.69) is 23.4 Å². The molecule has 0 unspecified atom stereocenters. The van der Waals surface area contributed by atoms with E-state index in [9.17, 15) is 0 Å². The van der Waals surface area contributed by atoms with Crippen LogP contribution in [0.1, 0.15) is 11.3 Å². The molecule has 0 saturated carbocycles. The van der Waals surface area contributed by atoms with Crippen LogP contribution in [0.2, 0.25) is 0 Å². The molecule has 0 radical (unpaired) electrons. The highest BCUT2D eigenvalue weighted by Gasteiger charge is 2.23. The highest BCUT2D eigenvalue weighted by Crippen LogP contribution is 2.32. The van der Waals surface area contributed by atoms with Crippen LogP contribution in [0.25, 0.3) is 0 Å². The molecule has 1 N–H and O–H groups in total. The van der Waals surface area contributed by atoms with Crippen LogP contribution in [0.15, 0.2) is 6.07 Å². The van der Waals surface area contributed by atoms with Gasteiger partial charge in [-0.3, -0.25) is 10.4 Å². The van der Waals surface area contributed by atoms with Crippen molar-refractivity contribution in [3.8, 4) is 0 Å². The fourth-order valence-electron chi connectivity index (χ4n) is 1.57. The topological polar surface area (TPSA) is 31.4 Å². The van der Waals surface area contributed by atoms with Crippen LogP contribution < -0.4 is 10.4 Å². The number of nitrogens with one attached hydrogen (secondary N) is 1. The van der Waals surface area contributed by atoms with Crippen molar-refractivity contribution in [2.45, 2.75) is 13.8 Å². The number of hydrogen-bond acceptors (Lipinski definition) is 4. The molecule has 4 heteroatoms. The zero-order valence-corrected chi connectivity index (χ0v) is 8.42. The molecule has 0 bridgehead atoms. The lowest BCUT2D eigenvalue weighted by Crippen LogP contribution is -2.34. The molecule has 0 saturated heterocycles. The number of fused-ring (bicyclic) bond motifs is 1. The minimum Gasteiger partial charge on any atom is -0.298 e. The number of pyridine rings is 1. The first-order valence-electron chi connectivity index (χ1n) is 4.32. The molecule has 0 fully saturated rings. The van der Waals surface area contributed by atoms with E-state index in [1.165, 1.54) is 5.56 Å². The van der Waals surface area contributed by atoms with Crippen molar-refractivity contribution in [1.29, 1.82) is 0 Å². The van der Waals surface area contributed by atoms with Crippen LogP contribution in [0.4, 0.5) is 11.5 Å². The zero-order valence-electron chi connectivity index (χ0n) is 8.42. The van der Waals surface area contributed by atoms with Crippen molar-refractivity contribution in [3.05, 3.63) is 17.3 Å². The molecule has 4 nitrogen and oxygen atoms in total. The Morgan fingerprint density at radius 3 is 2.69 bits per heavy atom. The summed E-state index contributed by atoms with van der Waals surface area (Å²) in [6.45, 7) is 4.10. The van der Waals surface area contributed by atoms with Gasteiger partial charge in [0.05, 0.1) is 5.69 Å². The minimum absolute atomic E-state index is 1.00. The first kappa shape index (κ1) is 8.31. The van der Waals surface area contributed by atoms with Gasteiger partial charge < -0.3 is 0 Å². The van der Waals surface area contributed by atoms with Crippen LogP contribution in [-0.2, 0) is 0 Å². The maximum atomic E-state index is 4.47. The second-order valence-corrected chi connectivity index (χ2v) is 3.44. The van der Waals surface area contributed by atoms with E-state index >= 15 is 0 Å². The predicted molar refractivity (Wildman–Crippen MR) is 53.5 cm³/mol. The number of hydrogen-bond donors (Lipinski definition) is 1. The fourth-order valence-corrected chi connectivity index (χ4v) is 1.57. The van der Waals surface area contributed by atoms with Gasteiger partial charge in [0.1, 0.15) is 0 Å². The molecule has 2 heterocycles. The van der Waals surface area contributed by atoms with Crippen molar-refractivity contribution in [2.75, 3.05) is 24.5 Å². The summed E-state index contributed by atoms with van der Waals surface area (Å²) >= 11 is 0. The third-order valence-corrected chi connectivity index (χ3v) is 2.36. The summed E-state index contributed by atoms with van der Waals surface area (Å²) in [5.74, 6) is 1.00. The number of aryl methyl sites for hydroxylation is 2. The Morgan fingerprint density at radius 1 is 1.31 bits per heavy atom. The highest BCUT2D eigenvalue weighted by atomic mass is 15.8. The second kappa shape index (κ2) is 2.60. The summed E-state index contributed by atoms with van der Waals surface area (Å²) in [5, 5.41) is 3.92. The molecule has 13 heavy (non-hydrogen) atoms. The van der Waals surface area contributed by atoms with Crippen molar-refractivity contribution in [1.82, 2.24) is 10.1 Å². The minimum atomic E-state index is 1.00. The van der Waals surface area contributed by atoms with Crippen molar-refractivity contribution < 1.29 is 0 Å². The van der Waals surface area contributed by atoms with Crippen LogP contribution in [-0.4, -0.2) is 24.2 Å². The van der Waals surface area contributed by atoms with E-state index in [0.29, 0.717) is 0 Å². The van der Waals surface area contributed by atoms with E-state index in [0.717, 1.165) is 17.2 Å². The summed E-state index contributed by atoms with van der Waals surface area (Å²) in [6, 6.07) is 2.08. The van der Waals surface area contributed by atoms with Crippen LogP contribution >= 0.6 is 0 Å². The van der Waals surface area contributed by atoms with Crippen LogP contribution in [0, 0.1) is 13.8 Å². The number of aromatic nitrogens is 1. The number of anilines is 2. The molecular weight excluding hydrogens is 164 g/mol. The van der Waals surface area contributed by atoms with Gasteiger partial charge in [-0.2, -0.15) is 0 Å². The molecule has 1 aromatic heterocycles. The van der Waals surface area contributed by atoms with Gasteiger partial charge in [-0.05, 0) is 25.5 Å². The molecule has 0 aliphatic carbocycles. The predicted octanol–water partition coefficient (Wildman–Crippen LogP) is 1.32. The number of rotatable bonds is 0. The molecule has 1 aliphatic rings. The highest BCUT2D eigenvalue weighted by molar-refractivity contribution is 5.72. The third-order valence-electron chi connectivity index (χ3n) is 2.36. The largest absolute Gasteiger partial charge is 0.298 e. The Labute approximate surface area is 78.1 Å². The van der Waals surface area contributed by atoms with Crippen LogP contribution in [0.5, 0.6) is 0 Å². The average molecular weight is 178 g/mol. The van der Waals surface area contributed by atoms with E-state index in [1.807, 2.05) is 31.1 Å². The standard InChI is InChI=1S/C9H14N4/c1-6-5-7(2)10-9-8(6)11-13(4)12(9)3/h5,11H,1-4H3.